The smallest absolute Gasteiger partial charge is 0.251 e. The number of carbonyl (C=O) groups is 1. The largest absolute Gasteiger partial charge is 0.368 e. The molecule has 0 fully saturated rings. The molecule has 0 aliphatic rings. The van der Waals surface area contributed by atoms with Crippen molar-refractivity contribution in [3.8, 4) is 5.82 Å². The van der Waals surface area contributed by atoms with Crippen LogP contribution in [0.1, 0.15) is 21.7 Å². The van der Waals surface area contributed by atoms with Crippen LogP contribution in [-0.2, 0) is 0 Å². The van der Waals surface area contributed by atoms with E-state index in [1.165, 1.54) is 6.33 Å². The first kappa shape index (κ1) is 16.6. The van der Waals surface area contributed by atoms with Crippen LogP contribution < -0.4 is 10.6 Å². The second-order valence-electron chi connectivity index (χ2n) is 5.65. The van der Waals surface area contributed by atoms with Crippen molar-refractivity contribution in [1.29, 1.82) is 0 Å². The standard InChI is InChI=1S/C18H20N6O/c1-13-10-14(2)24(23-13)17-11-16(21-12-22-17)19-8-9-20-18(25)15-6-4-3-5-7-15/h3-7,10-12H,8-9H2,1-2H3,(H,20,25)(H,19,21,22). The predicted molar refractivity (Wildman–Crippen MR) is 95.9 cm³/mol. The summed E-state index contributed by atoms with van der Waals surface area (Å²) in [6.45, 7) is 4.98. The molecule has 2 N–H and O–H groups in total. The van der Waals surface area contributed by atoms with Crippen molar-refractivity contribution in [1.82, 2.24) is 25.1 Å². The Morgan fingerprint density at radius 1 is 1.08 bits per heavy atom. The molecule has 1 amide bonds. The highest BCUT2D eigenvalue weighted by Gasteiger charge is 2.07. The molecule has 0 saturated carbocycles. The molecule has 25 heavy (non-hydrogen) atoms. The molecule has 0 bridgehead atoms. The summed E-state index contributed by atoms with van der Waals surface area (Å²) >= 11 is 0. The van der Waals surface area contributed by atoms with E-state index < -0.39 is 0 Å². The van der Waals surface area contributed by atoms with Gasteiger partial charge in [0.1, 0.15) is 12.1 Å². The molecule has 0 spiro atoms. The summed E-state index contributed by atoms with van der Waals surface area (Å²) in [6.07, 6.45) is 1.50. The Labute approximate surface area is 146 Å². The number of rotatable bonds is 6. The van der Waals surface area contributed by atoms with Gasteiger partial charge >= 0.3 is 0 Å². The maximum absolute atomic E-state index is 12.0. The zero-order valence-corrected chi connectivity index (χ0v) is 14.2. The molecule has 128 valence electrons. The lowest BCUT2D eigenvalue weighted by Gasteiger charge is -2.09. The summed E-state index contributed by atoms with van der Waals surface area (Å²) < 4.78 is 1.78. The number of nitrogens with one attached hydrogen (secondary N) is 2. The molecule has 2 heterocycles. The van der Waals surface area contributed by atoms with Crippen LogP contribution in [0.3, 0.4) is 0 Å². The van der Waals surface area contributed by atoms with Crippen LogP contribution in [0.4, 0.5) is 5.82 Å². The zero-order valence-electron chi connectivity index (χ0n) is 14.2. The molecule has 7 heteroatoms. The number of amides is 1. The minimum atomic E-state index is -0.0894. The lowest BCUT2D eigenvalue weighted by molar-refractivity contribution is 0.0955. The first-order valence-electron chi connectivity index (χ1n) is 8.06. The quantitative estimate of drug-likeness (QED) is 0.674. The van der Waals surface area contributed by atoms with Crippen molar-refractivity contribution < 1.29 is 4.79 Å². The minimum absolute atomic E-state index is 0.0894. The Kier molecular flexibility index (Phi) is 5.03. The summed E-state index contributed by atoms with van der Waals surface area (Å²) in [4.78, 5) is 20.4. The highest BCUT2D eigenvalue weighted by molar-refractivity contribution is 5.94. The molecule has 0 saturated heterocycles. The van der Waals surface area contributed by atoms with E-state index in [4.69, 9.17) is 0 Å². The van der Waals surface area contributed by atoms with Crippen LogP contribution >= 0.6 is 0 Å². The molecule has 0 radical (unpaired) electrons. The fourth-order valence-corrected chi connectivity index (χ4v) is 2.48. The van der Waals surface area contributed by atoms with Gasteiger partial charge < -0.3 is 10.6 Å². The van der Waals surface area contributed by atoms with Gasteiger partial charge in [0, 0.05) is 30.4 Å². The molecular formula is C18H20N6O. The summed E-state index contributed by atoms with van der Waals surface area (Å²) in [5.74, 6) is 1.30. The van der Waals surface area contributed by atoms with Gasteiger partial charge in [0.05, 0.1) is 5.69 Å². The highest BCUT2D eigenvalue weighted by atomic mass is 16.1. The van der Waals surface area contributed by atoms with Crippen LogP contribution in [0.25, 0.3) is 5.82 Å². The number of hydrogen-bond donors (Lipinski definition) is 2. The Balaban J connectivity index is 1.55. The van der Waals surface area contributed by atoms with Gasteiger partial charge in [-0.1, -0.05) is 18.2 Å². The van der Waals surface area contributed by atoms with E-state index in [1.807, 2.05) is 44.2 Å². The van der Waals surface area contributed by atoms with Crippen LogP contribution in [0.2, 0.25) is 0 Å². The number of aromatic nitrogens is 4. The normalized spacial score (nSPS) is 10.5. The number of carbonyl (C=O) groups excluding carboxylic acids is 1. The highest BCUT2D eigenvalue weighted by Crippen LogP contribution is 2.12. The number of anilines is 1. The van der Waals surface area contributed by atoms with Gasteiger partial charge in [0.2, 0.25) is 0 Å². The monoisotopic (exact) mass is 336 g/mol. The third kappa shape index (κ3) is 4.20. The van der Waals surface area contributed by atoms with Crippen molar-refractivity contribution in [3.63, 3.8) is 0 Å². The van der Waals surface area contributed by atoms with Crippen LogP contribution in [0, 0.1) is 13.8 Å². The number of hydrogen-bond acceptors (Lipinski definition) is 5. The second kappa shape index (κ2) is 7.57. The SMILES string of the molecule is Cc1cc(C)n(-c2cc(NCCNC(=O)c3ccccc3)ncn2)n1. The van der Waals surface area contributed by atoms with E-state index in [-0.39, 0.29) is 5.91 Å². The van der Waals surface area contributed by atoms with E-state index in [2.05, 4.69) is 25.7 Å². The van der Waals surface area contributed by atoms with Crippen LogP contribution in [0.5, 0.6) is 0 Å². The molecule has 0 unspecified atom stereocenters. The minimum Gasteiger partial charge on any atom is -0.368 e. The molecule has 2 aromatic heterocycles. The van der Waals surface area contributed by atoms with Crippen LogP contribution in [0.15, 0.2) is 48.8 Å². The average molecular weight is 336 g/mol. The van der Waals surface area contributed by atoms with Gasteiger partial charge in [-0.15, -0.1) is 0 Å². The lowest BCUT2D eigenvalue weighted by Crippen LogP contribution is -2.28. The van der Waals surface area contributed by atoms with E-state index in [0.717, 1.165) is 11.4 Å². The third-order valence-electron chi connectivity index (χ3n) is 3.63. The summed E-state index contributed by atoms with van der Waals surface area (Å²) in [6, 6.07) is 13.0. The molecule has 0 aliphatic heterocycles. The molecule has 1 aromatic carbocycles. The van der Waals surface area contributed by atoms with Crippen molar-refractivity contribution in [3.05, 3.63) is 65.7 Å². The Bertz CT molecular complexity index is 859. The molecule has 3 rings (SSSR count). The Morgan fingerprint density at radius 3 is 2.60 bits per heavy atom. The lowest BCUT2D eigenvalue weighted by atomic mass is 10.2. The number of nitrogens with zero attached hydrogens (tertiary/aromatic N) is 4. The number of aryl methyl sites for hydroxylation is 2. The van der Waals surface area contributed by atoms with E-state index >= 15 is 0 Å². The Morgan fingerprint density at radius 2 is 1.88 bits per heavy atom. The predicted octanol–water partition coefficient (Wildman–Crippen LogP) is 2.12. The van der Waals surface area contributed by atoms with E-state index in [9.17, 15) is 4.79 Å². The first-order chi connectivity index (χ1) is 12.1. The average Bonchev–Trinajstić information content (AvgIpc) is 2.98. The molecule has 7 nitrogen and oxygen atoms in total. The summed E-state index contributed by atoms with van der Waals surface area (Å²) in [5.41, 5.74) is 2.60. The maximum atomic E-state index is 12.0. The number of benzene rings is 1. The van der Waals surface area contributed by atoms with E-state index in [1.54, 1.807) is 16.8 Å². The second-order valence-corrected chi connectivity index (χ2v) is 5.65. The molecule has 0 aliphatic carbocycles. The van der Waals surface area contributed by atoms with Crippen molar-refractivity contribution in [2.75, 3.05) is 18.4 Å². The molecule has 0 atom stereocenters. The summed E-state index contributed by atoms with van der Waals surface area (Å²) in [5, 5.41) is 10.5. The fourth-order valence-electron chi connectivity index (χ4n) is 2.48. The van der Waals surface area contributed by atoms with Crippen molar-refractivity contribution >= 4 is 11.7 Å². The Hall–Kier alpha value is -3.22. The summed E-state index contributed by atoms with van der Waals surface area (Å²) in [7, 11) is 0. The molecular weight excluding hydrogens is 316 g/mol. The topological polar surface area (TPSA) is 84.7 Å². The van der Waals surface area contributed by atoms with Crippen molar-refractivity contribution in [2.24, 2.45) is 0 Å². The van der Waals surface area contributed by atoms with Gasteiger partial charge in [0.15, 0.2) is 5.82 Å². The van der Waals surface area contributed by atoms with E-state index in [0.29, 0.717) is 30.3 Å². The third-order valence-corrected chi connectivity index (χ3v) is 3.63. The van der Waals surface area contributed by atoms with Gasteiger partial charge in [-0.2, -0.15) is 5.10 Å². The fraction of sp³-hybridized carbons (Fsp3) is 0.222. The molecule has 3 aromatic rings. The van der Waals surface area contributed by atoms with Gasteiger partial charge in [-0.3, -0.25) is 4.79 Å². The maximum Gasteiger partial charge on any atom is 0.251 e. The van der Waals surface area contributed by atoms with Gasteiger partial charge in [0.25, 0.3) is 5.91 Å². The first-order valence-corrected chi connectivity index (χ1v) is 8.06. The van der Waals surface area contributed by atoms with Crippen molar-refractivity contribution in [2.45, 2.75) is 13.8 Å². The zero-order chi connectivity index (χ0) is 17.6. The van der Waals surface area contributed by atoms with Gasteiger partial charge in [-0.05, 0) is 32.0 Å². The van der Waals surface area contributed by atoms with Crippen LogP contribution in [-0.4, -0.2) is 38.7 Å². The van der Waals surface area contributed by atoms with Gasteiger partial charge in [-0.25, -0.2) is 14.6 Å².